The summed E-state index contributed by atoms with van der Waals surface area (Å²) >= 11 is 6.78. The number of para-hydroxylation sites is 1. The van der Waals surface area contributed by atoms with Gasteiger partial charge in [-0.3, -0.25) is 9.59 Å². The smallest absolute Gasteiger partial charge is 0.249 e. The number of benzene rings is 3. The summed E-state index contributed by atoms with van der Waals surface area (Å²) in [6, 6.07) is 21.8. The lowest BCUT2D eigenvalue weighted by Crippen LogP contribution is -2.24. The number of nitrogens with one attached hydrogen (secondary N) is 2. The third-order valence-corrected chi connectivity index (χ3v) is 5.66. The molecule has 0 saturated heterocycles. The lowest BCUT2D eigenvalue weighted by Gasteiger charge is -2.10. The fourth-order valence-corrected chi connectivity index (χ4v) is 3.64. The van der Waals surface area contributed by atoms with Crippen molar-refractivity contribution in [1.82, 2.24) is 5.43 Å². The molecule has 3 aromatic carbocycles. The van der Waals surface area contributed by atoms with Gasteiger partial charge in [0.1, 0.15) is 18.8 Å². The zero-order chi connectivity index (χ0) is 23.6. The molecule has 2 N–H and O–H groups in total. The molecule has 0 atom stereocenters. The van der Waals surface area contributed by atoms with E-state index in [2.05, 4.69) is 53.8 Å². The van der Waals surface area contributed by atoms with Crippen molar-refractivity contribution in [3.05, 3.63) is 92.4 Å². The molecule has 0 aromatic heterocycles. The molecule has 0 radical (unpaired) electrons. The van der Waals surface area contributed by atoms with Crippen LogP contribution >= 0.6 is 31.9 Å². The molecule has 0 aliphatic heterocycles. The van der Waals surface area contributed by atoms with Gasteiger partial charge in [0.25, 0.3) is 0 Å². The number of hydrogen-bond acceptors (Lipinski definition) is 5. The fraction of sp³-hybridized carbons (Fsp3) is 0.0833. The Labute approximate surface area is 207 Å². The number of carbonyl (C=O) groups is 2. The van der Waals surface area contributed by atoms with Crippen LogP contribution in [0.15, 0.2) is 80.8 Å². The highest BCUT2D eigenvalue weighted by Gasteiger charge is 2.10. The van der Waals surface area contributed by atoms with E-state index in [9.17, 15) is 14.9 Å². The van der Waals surface area contributed by atoms with Gasteiger partial charge in [-0.1, -0.05) is 30.3 Å². The van der Waals surface area contributed by atoms with Crippen LogP contribution in [0.2, 0.25) is 0 Å². The van der Waals surface area contributed by atoms with Crippen molar-refractivity contribution in [3.8, 4) is 11.8 Å². The molecule has 0 spiro atoms. The molecule has 166 valence electrons. The van der Waals surface area contributed by atoms with E-state index in [0.29, 0.717) is 27.0 Å². The zero-order valence-corrected chi connectivity index (χ0v) is 20.4. The van der Waals surface area contributed by atoms with Crippen LogP contribution in [0.5, 0.6) is 5.75 Å². The number of amides is 2. The molecule has 7 nitrogen and oxygen atoms in total. The van der Waals surface area contributed by atoms with Crippen LogP contribution in [0.1, 0.15) is 23.1 Å². The van der Waals surface area contributed by atoms with Crippen LogP contribution in [-0.4, -0.2) is 18.0 Å². The van der Waals surface area contributed by atoms with Crippen LogP contribution in [0.4, 0.5) is 5.69 Å². The molecule has 0 fully saturated rings. The predicted octanol–water partition coefficient (Wildman–Crippen LogP) is 5.14. The molecule has 0 bridgehead atoms. The molecule has 0 saturated carbocycles. The van der Waals surface area contributed by atoms with Crippen molar-refractivity contribution in [2.75, 3.05) is 5.32 Å². The summed E-state index contributed by atoms with van der Waals surface area (Å²) in [5, 5.41) is 15.7. The van der Waals surface area contributed by atoms with E-state index in [1.54, 1.807) is 48.5 Å². The van der Waals surface area contributed by atoms with E-state index in [4.69, 9.17) is 4.74 Å². The molecule has 0 aliphatic rings. The van der Waals surface area contributed by atoms with Gasteiger partial charge >= 0.3 is 0 Å². The average Bonchev–Trinajstić information content (AvgIpc) is 2.80. The van der Waals surface area contributed by atoms with E-state index in [0.717, 1.165) is 10.0 Å². The standard InChI is InChI=1S/C24H18Br2N4O3/c25-19-7-3-4-8-21(19)29-23(31)12-24(32)30-28-14-16-9-10-22(20(26)11-16)33-15-18-6-2-1-5-17(18)13-27/h1-11,14H,12,15H2,(H,29,31)(H,30,32). The van der Waals surface area contributed by atoms with E-state index in [1.165, 1.54) is 6.21 Å². The Kier molecular flexibility index (Phi) is 8.75. The largest absolute Gasteiger partial charge is 0.488 e. The fourth-order valence-electron chi connectivity index (χ4n) is 2.75. The number of hydrogen-bond donors (Lipinski definition) is 2. The normalized spacial score (nSPS) is 10.5. The Morgan fingerprint density at radius 1 is 1.00 bits per heavy atom. The van der Waals surface area contributed by atoms with Crippen molar-refractivity contribution in [1.29, 1.82) is 5.26 Å². The van der Waals surface area contributed by atoms with Crippen molar-refractivity contribution < 1.29 is 14.3 Å². The zero-order valence-electron chi connectivity index (χ0n) is 17.2. The number of nitriles is 1. The Hall–Kier alpha value is -3.48. The molecule has 0 heterocycles. The first kappa shape index (κ1) is 24.2. The van der Waals surface area contributed by atoms with Gasteiger partial charge < -0.3 is 10.1 Å². The maximum atomic E-state index is 12.0. The van der Waals surface area contributed by atoms with Gasteiger partial charge in [0.05, 0.1) is 28.0 Å². The lowest BCUT2D eigenvalue weighted by molar-refractivity contribution is -0.126. The molecule has 3 aromatic rings. The van der Waals surface area contributed by atoms with Crippen LogP contribution in [0, 0.1) is 11.3 Å². The van der Waals surface area contributed by atoms with Crippen LogP contribution in [0.25, 0.3) is 0 Å². The van der Waals surface area contributed by atoms with Gasteiger partial charge in [-0.25, -0.2) is 5.43 Å². The van der Waals surface area contributed by atoms with Gasteiger partial charge in [-0.15, -0.1) is 0 Å². The summed E-state index contributed by atoms with van der Waals surface area (Å²) in [4.78, 5) is 24.0. The van der Waals surface area contributed by atoms with Crippen molar-refractivity contribution >= 4 is 55.6 Å². The number of rotatable bonds is 8. The van der Waals surface area contributed by atoms with E-state index >= 15 is 0 Å². The number of anilines is 1. The Bertz CT molecular complexity index is 1240. The van der Waals surface area contributed by atoms with Crippen molar-refractivity contribution in [2.45, 2.75) is 13.0 Å². The van der Waals surface area contributed by atoms with Crippen molar-refractivity contribution in [3.63, 3.8) is 0 Å². The van der Waals surface area contributed by atoms with E-state index in [1.807, 2.05) is 18.2 Å². The second kappa shape index (κ2) is 11.9. The molecular weight excluding hydrogens is 552 g/mol. The summed E-state index contributed by atoms with van der Waals surface area (Å²) in [5.74, 6) is -0.379. The minimum absolute atomic E-state index is 0.257. The van der Waals surface area contributed by atoms with E-state index in [-0.39, 0.29) is 13.0 Å². The quantitative estimate of drug-likeness (QED) is 0.223. The molecule has 0 aliphatic carbocycles. The van der Waals surface area contributed by atoms with Crippen LogP contribution < -0.4 is 15.5 Å². The second-order valence-corrected chi connectivity index (χ2v) is 8.45. The van der Waals surface area contributed by atoms with Gasteiger partial charge in [0.15, 0.2) is 0 Å². The van der Waals surface area contributed by atoms with Gasteiger partial charge in [0, 0.05) is 10.0 Å². The number of carbonyl (C=O) groups excluding carboxylic acids is 2. The number of halogens is 2. The molecule has 9 heteroatoms. The summed E-state index contributed by atoms with van der Waals surface area (Å²) in [6.45, 7) is 0.257. The molecule has 3 rings (SSSR count). The minimum Gasteiger partial charge on any atom is -0.488 e. The summed E-state index contributed by atoms with van der Waals surface area (Å²) < 4.78 is 7.22. The molecule has 2 amide bonds. The number of nitrogens with zero attached hydrogens (tertiary/aromatic N) is 2. The highest BCUT2D eigenvalue weighted by atomic mass is 79.9. The van der Waals surface area contributed by atoms with Crippen molar-refractivity contribution in [2.24, 2.45) is 5.10 Å². The SMILES string of the molecule is N#Cc1ccccc1COc1ccc(C=NNC(=O)CC(=O)Nc2ccccc2Br)cc1Br. The predicted molar refractivity (Wildman–Crippen MR) is 133 cm³/mol. The highest BCUT2D eigenvalue weighted by molar-refractivity contribution is 9.11. The Morgan fingerprint density at radius 2 is 1.76 bits per heavy atom. The average molecular weight is 570 g/mol. The second-order valence-electron chi connectivity index (χ2n) is 6.75. The van der Waals surface area contributed by atoms with Gasteiger partial charge in [0.2, 0.25) is 11.8 Å². The first-order chi connectivity index (χ1) is 16.0. The van der Waals surface area contributed by atoms with Crippen LogP contribution in [-0.2, 0) is 16.2 Å². The third kappa shape index (κ3) is 7.27. The maximum Gasteiger partial charge on any atom is 0.249 e. The van der Waals surface area contributed by atoms with Crippen LogP contribution in [0.3, 0.4) is 0 Å². The first-order valence-corrected chi connectivity index (χ1v) is 11.3. The summed E-state index contributed by atoms with van der Waals surface area (Å²) in [5.41, 5.74) is 5.00. The Morgan fingerprint density at radius 3 is 2.52 bits per heavy atom. The monoisotopic (exact) mass is 568 g/mol. The Balaban J connectivity index is 1.50. The highest BCUT2D eigenvalue weighted by Crippen LogP contribution is 2.27. The lowest BCUT2D eigenvalue weighted by atomic mass is 10.1. The van der Waals surface area contributed by atoms with E-state index < -0.39 is 11.8 Å². The summed E-state index contributed by atoms with van der Waals surface area (Å²) in [7, 11) is 0. The number of ether oxygens (including phenoxy) is 1. The topological polar surface area (TPSA) is 104 Å². The third-order valence-electron chi connectivity index (χ3n) is 4.35. The van der Waals surface area contributed by atoms with Gasteiger partial charge in [-0.05, 0) is 73.8 Å². The minimum atomic E-state index is -0.536. The van der Waals surface area contributed by atoms with Gasteiger partial charge in [-0.2, -0.15) is 10.4 Å². The molecule has 33 heavy (non-hydrogen) atoms. The molecular formula is C24H18Br2N4O3. The molecule has 0 unspecified atom stereocenters. The maximum absolute atomic E-state index is 12.0. The number of hydrazone groups is 1. The summed E-state index contributed by atoms with van der Waals surface area (Å²) in [6.07, 6.45) is 1.10. The first-order valence-electron chi connectivity index (χ1n) is 9.73.